The number of aryl methyl sites for hydroxylation is 1. The first-order valence-electron chi connectivity index (χ1n) is 13.5. The summed E-state index contributed by atoms with van der Waals surface area (Å²) in [5, 5.41) is 4.62. The topological polar surface area (TPSA) is 76.4 Å². The van der Waals surface area contributed by atoms with Crippen LogP contribution in [0.1, 0.15) is 34.5 Å². The second-order valence-corrected chi connectivity index (χ2v) is 10.5. The Balaban J connectivity index is 1.22. The monoisotopic (exact) mass is 586 g/mol. The number of anilines is 1. The molecule has 1 amide bonds. The van der Waals surface area contributed by atoms with E-state index in [0.29, 0.717) is 53.7 Å². The largest absolute Gasteiger partial charge is 0.488 e. The van der Waals surface area contributed by atoms with Crippen LogP contribution in [0.2, 0.25) is 0 Å². The minimum atomic E-state index is -4.46. The molecule has 0 unspecified atom stereocenters. The van der Waals surface area contributed by atoms with Crippen molar-refractivity contribution in [1.82, 2.24) is 24.6 Å². The predicted molar refractivity (Wildman–Crippen MR) is 145 cm³/mol. The molecule has 220 valence electrons. The molecule has 2 aliphatic rings. The van der Waals surface area contributed by atoms with Crippen molar-refractivity contribution in [3.8, 4) is 17.1 Å². The highest BCUT2D eigenvalue weighted by atomic mass is 19.4. The molecular formula is C29H27F5N6O2. The Morgan fingerprint density at radius 1 is 1.00 bits per heavy atom. The summed E-state index contributed by atoms with van der Waals surface area (Å²) in [5.74, 6) is -2.19. The Kier molecular flexibility index (Phi) is 7.08. The molecule has 13 heteroatoms. The molecule has 0 aliphatic carbocycles. The van der Waals surface area contributed by atoms with Crippen molar-refractivity contribution in [2.75, 3.05) is 37.7 Å². The number of halogens is 5. The van der Waals surface area contributed by atoms with Crippen molar-refractivity contribution >= 4 is 22.5 Å². The first kappa shape index (κ1) is 28.0. The molecule has 0 bridgehead atoms. The summed E-state index contributed by atoms with van der Waals surface area (Å²) in [7, 11) is 0. The number of carbonyl (C=O) groups excluding carboxylic acids is 1. The van der Waals surface area contributed by atoms with E-state index in [4.69, 9.17) is 4.74 Å². The van der Waals surface area contributed by atoms with E-state index in [1.807, 2.05) is 17.9 Å². The lowest BCUT2D eigenvalue weighted by atomic mass is 10.1. The van der Waals surface area contributed by atoms with E-state index in [-0.39, 0.29) is 43.8 Å². The van der Waals surface area contributed by atoms with Gasteiger partial charge in [0.15, 0.2) is 17.3 Å². The molecule has 0 saturated carbocycles. The van der Waals surface area contributed by atoms with Gasteiger partial charge in [0.05, 0.1) is 30.4 Å². The number of carbonyl (C=O) groups is 1. The number of nitrogens with zero attached hydrogens (tertiary/aromatic N) is 6. The van der Waals surface area contributed by atoms with Crippen LogP contribution in [0.3, 0.4) is 0 Å². The number of hydrogen-bond donors (Lipinski definition) is 0. The Labute approximate surface area is 237 Å². The van der Waals surface area contributed by atoms with Gasteiger partial charge in [0.2, 0.25) is 0 Å². The summed E-state index contributed by atoms with van der Waals surface area (Å²) in [6.45, 7) is 3.80. The molecule has 4 aromatic rings. The second-order valence-electron chi connectivity index (χ2n) is 10.5. The fourth-order valence-corrected chi connectivity index (χ4v) is 5.35. The molecular weight excluding hydrogens is 559 g/mol. The molecule has 0 atom stereocenters. The maximum atomic E-state index is 13.8. The zero-order valence-electron chi connectivity index (χ0n) is 22.7. The Bertz CT molecular complexity index is 1640. The normalized spacial score (nSPS) is 17.7. The lowest BCUT2D eigenvalue weighted by Crippen LogP contribution is -2.41. The van der Waals surface area contributed by atoms with Crippen molar-refractivity contribution in [2.45, 2.75) is 38.4 Å². The number of benzene rings is 2. The molecule has 6 rings (SSSR count). The first-order chi connectivity index (χ1) is 20.0. The summed E-state index contributed by atoms with van der Waals surface area (Å²) in [5.41, 5.74) is 1.98. The van der Waals surface area contributed by atoms with E-state index in [1.165, 1.54) is 18.5 Å². The standard InChI is InChI=1S/C29H27F5N6O2/c1-18-14-19(26-35-16-20-15-21(29(32,33)34)3-4-22(20)37-26)2-5-23(18)39-12-13-42-24-17-36-40(25(24)27(39)41)11-10-38-8-6-28(30,31)7-9-38/h2-5,14-17H,6-13H2,1H3. The van der Waals surface area contributed by atoms with E-state index in [1.54, 1.807) is 21.7 Å². The third-order valence-corrected chi connectivity index (χ3v) is 7.69. The van der Waals surface area contributed by atoms with Crippen molar-refractivity contribution < 1.29 is 31.5 Å². The minimum Gasteiger partial charge on any atom is -0.488 e. The molecule has 2 aromatic heterocycles. The lowest BCUT2D eigenvalue weighted by molar-refractivity contribution is -0.137. The maximum absolute atomic E-state index is 13.8. The van der Waals surface area contributed by atoms with Gasteiger partial charge in [-0.3, -0.25) is 9.48 Å². The van der Waals surface area contributed by atoms with Gasteiger partial charge in [0.25, 0.3) is 11.8 Å². The maximum Gasteiger partial charge on any atom is 0.416 e. The molecule has 2 aliphatic heterocycles. The number of aromatic nitrogens is 4. The van der Waals surface area contributed by atoms with E-state index < -0.39 is 17.7 Å². The van der Waals surface area contributed by atoms with E-state index >= 15 is 0 Å². The fraction of sp³-hybridized carbons (Fsp3) is 0.379. The number of rotatable bonds is 5. The van der Waals surface area contributed by atoms with Gasteiger partial charge in [-0.25, -0.2) is 18.7 Å². The Morgan fingerprint density at radius 2 is 1.79 bits per heavy atom. The van der Waals surface area contributed by atoms with Crippen LogP contribution in [0, 0.1) is 6.92 Å². The van der Waals surface area contributed by atoms with Crippen LogP contribution in [0.4, 0.5) is 27.6 Å². The fourth-order valence-electron chi connectivity index (χ4n) is 5.35. The third-order valence-electron chi connectivity index (χ3n) is 7.69. The molecule has 8 nitrogen and oxygen atoms in total. The van der Waals surface area contributed by atoms with Crippen molar-refractivity contribution in [3.05, 3.63) is 65.6 Å². The average Bonchev–Trinajstić information content (AvgIpc) is 3.28. The molecule has 0 N–H and O–H groups in total. The van der Waals surface area contributed by atoms with Crippen molar-refractivity contribution in [2.24, 2.45) is 0 Å². The predicted octanol–water partition coefficient (Wildman–Crippen LogP) is 5.59. The third kappa shape index (κ3) is 5.52. The van der Waals surface area contributed by atoms with Crippen molar-refractivity contribution in [3.63, 3.8) is 0 Å². The zero-order chi connectivity index (χ0) is 29.6. The minimum absolute atomic E-state index is 0.182. The molecule has 1 fully saturated rings. The lowest BCUT2D eigenvalue weighted by Gasteiger charge is -2.31. The summed E-state index contributed by atoms with van der Waals surface area (Å²) in [6.07, 6.45) is -1.95. The van der Waals surface area contributed by atoms with Crippen LogP contribution < -0.4 is 9.64 Å². The average molecular weight is 587 g/mol. The Morgan fingerprint density at radius 3 is 2.52 bits per heavy atom. The number of amides is 1. The van der Waals surface area contributed by atoms with Gasteiger partial charge in [-0.2, -0.15) is 18.3 Å². The number of alkyl halides is 5. The molecule has 1 saturated heterocycles. The van der Waals surface area contributed by atoms with Crippen LogP contribution in [-0.4, -0.2) is 69.3 Å². The second kappa shape index (κ2) is 10.6. The summed E-state index contributed by atoms with van der Waals surface area (Å²) in [4.78, 5) is 26.1. The van der Waals surface area contributed by atoms with E-state index in [9.17, 15) is 26.7 Å². The van der Waals surface area contributed by atoms with Gasteiger partial charge >= 0.3 is 6.18 Å². The molecule has 0 radical (unpaired) electrons. The smallest absolute Gasteiger partial charge is 0.416 e. The van der Waals surface area contributed by atoms with Crippen LogP contribution in [0.5, 0.6) is 5.75 Å². The van der Waals surface area contributed by atoms with Gasteiger partial charge in [0, 0.05) is 55.3 Å². The van der Waals surface area contributed by atoms with Crippen LogP contribution in [0.15, 0.2) is 48.8 Å². The van der Waals surface area contributed by atoms with Gasteiger partial charge in [-0.15, -0.1) is 0 Å². The summed E-state index contributed by atoms with van der Waals surface area (Å²) in [6, 6.07) is 8.69. The first-order valence-corrected chi connectivity index (χ1v) is 13.5. The Hall–Kier alpha value is -4.13. The van der Waals surface area contributed by atoms with Crippen LogP contribution >= 0.6 is 0 Å². The van der Waals surface area contributed by atoms with E-state index in [0.717, 1.165) is 17.7 Å². The van der Waals surface area contributed by atoms with Gasteiger partial charge in [0.1, 0.15) is 6.61 Å². The highest BCUT2D eigenvalue weighted by Gasteiger charge is 2.35. The zero-order valence-corrected chi connectivity index (χ0v) is 22.7. The summed E-state index contributed by atoms with van der Waals surface area (Å²) >= 11 is 0. The summed E-state index contributed by atoms with van der Waals surface area (Å²) < 4.78 is 73.7. The van der Waals surface area contributed by atoms with Gasteiger partial charge < -0.3 is 14.5 Å². The number of likely N-dealkylation sites (tertiary alicyclic amines) is 1. The van der Waals surface area contributed by atoms with E-state index in [2.05, 4.69) is 15.1 Å². The SMILES string of the molecule is Cc1cc(-c2ncc3cc(C(F)(F)F)ccc3n2)ccc1N1CCOc2cnn(CCN3CCC(F)(F)CC3)c2C1=O. The highest BCUT2D eigenvalue weighted by Crippen LogP contribution is 2.33. The van der Waals surface area contributed by atoms with Gasteiger partial charge in [-0.05, 0) is 48.9 Å². The number of piperidine rings is 1. The van der Waals surface area contributed by atoms with Crippen LogP contribution in [-0.2, 0) is 12.7 Å². The highest BCUT2D eigenvalue weighted by molar-refractivity contribution is 6.07. The molecule has 0 spiro atoms. The quantitative estimate of drug-likeness (QED) is 0.284. The molecule has 4 heterocycles. The van der Waals surface area contributed by atoms with Gasteiger partial charge in [-0.1, -0.05) is 0 Å². The number of ether oxygens (including phenoxy) is 1. The number of hydrogen-bond acceptors (Lipinski definition) is 6. The number of fused-ring (bicyclic) bond motifs is 2. The molecule has 2 aromatic carbocycles. The molecule has 42 heavy (non-hydrogen) atoms. The van der Waals surface area contributed by atoms with Crippen molar-refractivity contribution in [1.29, 1.82) is 0 Å². The van der Waals surface area contributed by atoms with Crippen LogP contribution in [0.25, 0.3) is 22.3 Å².